The van der Waals surface area contributed by atoms with Crippen LogP contribution in [0, 0.1) is 5.92 Å². The molecule has 0 radical (unpaired) electrons. The summed E-state index contributed by atoms with van der Waals surface area (Å²) in [4.78, 5) is 14.5. The lowest BCUT2D eigenvalue weighted by Gasteiger charge is -2.34. The van der Waals surface area contributed by atoms with Crippen LogP contribution in [0.2, 0.25) is 0 Å². The standard InChI is InChI=1S/C15H20N2O3/c1-10(16)12-3-2-6-17(8-12)15(18)11-4-5-13-14(7-11)20-9-19-13/h4-5,7,10,12H,2-3,6,8-9,16H2,1H3. The fraction of sp³-hybridized carbons (Fsp3) is 0.533. The maximum absolute atomic E-state index is 12.6. The third kappa shape index (κ3) is 2.45. The number of ether oxygens (including phenoxy) is 2. The number of benzene rings is 1. The third-order valence-electron chi connectivity index (χ3n) is 4.11. The quantitative estimate of drug-likeness (QED) is 0.891. The Morgan fingerprint density at radius 2 is 2.20 bits per heavy atom. The first-order valence-corrected chi connectivity index (χ1v) is 7.09. The van der Waals surface area contributed by atoms with Crippen molar-refractivity contribution < 1.29 is 14.3 Å². The first-order chi connectivity index (χ1) is 9.65. The summed E-state index contributed by atoms with van der Waals surface area (Å²) in [5, 5.41) is 0. The minimum Gasteiger partial charge on any atom is -0.454 e. The summed E-state index contributed by atoms with van der Waals surface area (Å²) in [7, 11) is 0. The van der Waals surface area contributed by atoms with E-state index in [4.69, 9.17) is 15.2 Å². The van der Waals surface area contributed by atoms with Crippen molar-refractivity contribution in [1.29, 1.82) is 0 Å². The van der Waals surface area contributed by atoms with Crippen LogP contribution in [0.25, 0.3) is 0 Å². The summed E-state index contributed by atoms with van der Waals surface area (Å²) in [5.41, 5.74) is 6.62. The van der Waals surface area contributed by atoms with E-state index in [1.165, 1.54) is 0 Å². The van der Waals surface area contributed by atoms with E-state index in [0.29, 0.717) is 23.0 Å². The smallest absolute Gasteiger partial charge is 0.254 e. The fourth-order valence-corrected chi connectivity index (χ4v) is 2.84. The van der Waals surface area contributed by atoms with Crippen LogP contribution in [0.1, 0.15) is 30.1 Å². The number of fused-ring (bicyclic) bond motifs is 1. The molecule has 2 atom stereocenters. The van der Waals surface area contributed by atoms with Crippen LogP contribution in [0.15, 0.2) is 18.2 Å². The molecule has 0 aromatic heterocycles. The summed E-state index contributed by atoms with van der Waals surface area (Å²) in [6.45, 7) is 3.78. The molecular formula is C15H20N2O3. The second-order valence-corrected chi connectivity index (χ2v) is 5.58. The molecule has 5 nitrogen and oxygen atoms in total. The number of rotatable bonds is 2. The molecule has 2 unspecified atom stereocenters. The van der Waals surface area contributed by atoms with E-state index in [1.54, 1.807) is 18.2 Å². The SMILES string of the molecule is CC(N)C1CCCN(C(=O)c2ccc3c(c2)OCO3)C1. The molecule has 0 spiro atoms. The van der Waals surface area contributed by atoms with Gasteiger partial charge in [0, 0.05) is 24.7 Å². The summed E-state index contributed by atoms with van der Waals surface area (Å²) < 4.78 is 10.6. The van der Waals surface area contributed by atoms with E-state index < -0.39 is 0 Å². The van der Waals surface area contributed by atoms with Gasteiger partial charge < -0.3 is 20.1 Å². The number of amides is 1. The van der Waals surface area contributed by atoms with Crippen LogP contribution >= 0.6 is 0 Å². The van der Waals surface area contributed by atoms with Crippen molar-refractivity contribution in [2.75, 3.05) is 19.9 Å². The van der Waals surface area contributed by atoms with Gasteiger partial charge in [0.25, 0.3) is 5.91 Å². The van der Waals surface area contributed by atoms with Crippen molar-refractivity contribution in [3.05, 3.63) is 23.8 Å². The molecular weight excluding hydrogens is 256 g/mol. The van der Waals surface area contributed by atoms with Crippen molar-refractivity contribution >= 4 is 5.91 Å². The Labute approximate surface area is 118 Å². The molecule has 2 aliphatic rings. The molecule has 0 bridgehead atoms. The lowest BCUT2D eigenvalue weighted by atomic mass is 9.92. The Morgan fingerprint density at radius 1 is 1.40 bits per heavy atom. The van der Waals surface area contributed by atoms with Crippen LogP contribution in [0.3, 0.4) is 0 Å². The molecule has 108 valence electrons. The highest BCUT2D eigenvalue weighted by Gasteiger charge is 2.27. The lowest BCUT2D eigenvalue weighted by Crippen LogP contribution is -2.45. The van der Waals surface area contributed by atoms with E-state index in [2.05, 4.69) is 0 Å². The summed E-state index contributed by atoms with van der Waals surface area (Å²) in [6.07, 6.45) is 2.12. The number of hydrogen-bond acceptors (Lipinski definition) is 4. The van der Waals surface area contributed by atoms with Gasteiger partial charge in [-0.2, -0.15) is 0 Å². The minimum absolute atomic E-state index is 0.0497. The van der Waals surface area contributed by atoms with Gasteiger partial charge >= 0.3 is 0 Å². The van der Waals surface area contributed by atoms with Gasteiger partial charge in [-0.05, 0) is 43.9 Å². The number of piperidine rings is 1. The van der Waals surface area contributed by atoms with Crippen LogP contribution in [0.5, 0.6) is 11.5 Å². The van der Waals surface area contributed by atoms with Crippen LogP contribution < -0.4 is 15.2 Å². The maximum atomic E-state index is 12.6. The molecule has 2 N–H and O–H groups in total. The van der Waals surface area contributed by atoms with E-state index in [9.17, 15) is 4.79 Å². The van der Waals surface area contributed by atoms with Gasteiger partial charge in [0.15, 0.2) is 11.5 Å². The summed E-state index contributed by atoms with van der Waals surface area (Å²) in [5.74, 6) is 1.79. The highest BCUT2D eigenvalue weighted by atomic mass is 16.7. The van der Waals surface area contributed by atoms with Gasteiger partial charge in [-0.1, -0.05) is 0 Å². The largest absolute Gasteiger partial charge is 0.454 e. The monoisotopic (exact) mass is 276 g/mol. The Morgan fingerprint density at radius 3 is 3.00 bits per heavy atom. The average Bonchev–Trinajstić information content (AvgIpc) is 2.94. The predicted octanol–water partition coefficient (Wildman–Crippen LogP) is 1.61. The van der Waals surface area contributed by atoms with Crippen LogP contribution in [-0.2, 0) is 0 Å². The second-order valence-electron chi connectivity index (χ2n) is 5.58. The van der Waals surface area contributed by atoms with Crippen molar-refractivity contribution in [2.45, 2.75) is 25.8 Å². The zero-order valence-corrected chi connectivity index (χ0v) is 11.7. The van der Waals surface area contributed by atoms with Gasteiger partial charge in [-0.3, -0.25) is 4.79 Å². The first kappa shape index (κ1) is 13.2. The topological polar surface area (TPSA) is 64.8 Å². The lowest BCUT2D eigenvalue weighted by molar-refractivity contribution is 0.0660. The highest BCUT2D eigenvalue weighted by molar-refractivity contribution is 5.95. The number of likely N-dealkylation sites (tertiary alicyclic amines) is 1. The molecule has 0 saturated carbocycles. The third-order valence-corrected chi connectivity index (χ3v) is 4.11. The van der Waals surface area contributed by atoms with Crippen molar-refractivity contribution in [3.8, 4) is 11.5 Å². The van der Waals surface area contributed by atoms with Gasteiger partial charge in [-0.25, -0.2) is 0 Å². The molecule has 2 aliphatic heterocycles. The molecule has 1 aromatic carbocycles. The Kier molecular flexibility index (Phi) is 3.53. The molecule has 5 heteroatoms. The van der Waals surface area contributed by atoms with E-state index >= 15 is 0 Å². The molecule has 3 rings (SSSR count). The average molecular weight is 276 g/mol. The van der Waals surface area contributed by atoms with Crippen LogP contribution in [-0.4, -0.2) is 36.7 Å². The number of carbonyl (C=O) groups excluding carboxylic acids is 1. The molecule has 1 amide bonds. The number of nitrogens with two attached hydrogens (primary N) is 1. The van der Waals surface area contributed by atoms with Crippen molar-refractivity contribution in [1.82, 2.24) is 4.90 Å². The molecule has 1 aromatic rings. The Bertz CT molecular complexity index is 516. The maximum Gasteiger partial charge on any atom is 0.254 e. The van der Waals surface area contributed by atoms with Crippen molar-refractivity contribution in [2.24, 2.45) is 11.7 Å². The highest BCUT2D eigenvalue weighted by Crippen LogP contribution is 2.33. The number of carbonyl (C=O) groups is 1. The normalized spacial score (nSPS) is 22.7. The fourth-order valence-electron chi connectivity index (χ4n) is 2.84. The first-order valence-electron chi connectivity index (χ1n) is 7.09. The minimum atomic E-state index is 0.0497. The Balaban J connectivity index is 1.75. The Hall–Kier alpha value is -1.75. The van der Waals surface area contributed by atoms with Gasteiger partial charge in [0.2, 0.25) is 6.79 Å². The zero-order valence-electron chi connectivity index (χ0n) is 11.7. The molecule has 2 heterocycles. The van der Waals surface area contributed by atoms with E-state index in [0.717, 1.165) is 25.9 Å². The van der Waals surface area contributed by atoms with E-state index in [1.807, 2.05) is 11.8 Å². The van der Waals surface area contributed by atoms with Crippen LogP contribution in [0.4, 0.5) is 0 Å². The molecule has 1 saturated heterocycles. The second kappa shape index (κ2) is 5.32. The summed E-state index contributed by atoms with van der Waals surface area (Å²) >= 11 is 0. The van der Waals surface area contributed by atoms with E-state index in [-0.39, 0.29) is 18.7 Å². The molecule has 0 aliphatic carbocycles. The number of hydrogen-bond donors (Lipinski definition) is 1. The predicted molar refractivity (Wildman–Crippen MR) is 74.8 cm³/mol. The van der Waals surface area contributed by atoms with Gasteiger partial charge in [0.05, 0.1) is 0 Å². The molecule has 20 heavy (non-hydrogen) atoms. The molecule has 1 fully saturated rings. The van der Waals surface area contributed by atoms with Gasteiger partial charge in [-0.15, -0.1) is 0 Å². The summed E-state index contributed by atoms with van der Waals surface area (Å²) in [6, 6.07) is 5.48. The van der Waals surface area contributed by atoms with Crippen molar-refractivity contribution in [3.63, 3.8) is 0 Å². The number of nitrogens with zero attached hydrogens (tertiary/aromatic N) is 1. The zero-order chi connectivity index (χ0) is 14.1. The van der Waals surface area contributed by atoms with Gasteiger partial charge in [0.1, 0.15) is 0 Å².